The molecule has 3 atom stereocenters. The lowest BCUT2D eigenvalue weighted by atomic mass is 10.0. The van der Waals surface area contributed by atoms with Crippen LogP contribution in [0.15, 0.2) is 42.7 Å². The summed E-state index contributed by atoms with van der Waals surface area (Å²) >= 11 is 0. The van der Waals surface area contributed by atoms with Crippen LogP contribution in [0.5, 0.6) is 0 Å². The van der Waals surface area contributed by atoms with Gasteiger partial charge in [-0.15, -0.1) is 0 Å². The maximum absolute atomic E-state index is 12.3. The molecule has 1 heterocycles. The van der Waals surface area contributed by atoms with Crippen LogP contribution in [0.2, 0.25) is 0 Å². The maximum Gasteiger partial charge on any atom is 0.223 e. The van der Waals surface area contributed by atoms with Gasteiger partial charge in [-0.1, -0.05) is 37.3 Å². The van der Waals surface area contributed by atoms with E-state index in [1.807, 2.05) is 36.0 Å². The number of hydrogen-bond donors (Lipinski definition) is 1. The van der Waals surface area contributed by atoms with Crippen LogP contribution < -0.4 is 5.32 Å². The average Bonchev–Trinajstić information content (AvgIpc) is 3.10. The van der Waals surface area contributed by atoms with Gasteiger partial charge in [-0.2, -0.15) is 0 Å². The fourth-order valence-electron chi connectivity index (χ4n) is 2.68. The maximum atomic E-state index is 12.3. The van der Waals surface area contributed by atoms with E-state index >= 15 is 0 Å². The largest absolute Gasteiger partial charge is 0.349 e. The summed E-state index contributed by atoms with van der Waals surface area (Å²) in [6, 6.07) is 10.1. The molecule has 1 N–H and O–H groups in total. The van der Waals surface area contributed by atoms with Crippen molar-refractivity contribution in [3.63, 3.8) is 0 Å². The number of imidazole rings is 1. The van der Waals surface area contributed by atoms with E-state index in [4.69, 9.17) is 0 Å². The number of rotatable bonds is 5. The van der Waals surface area contributed by atoms with E-state index in [1.165, 1.54) is 0 Å². The molecule has 0 radical (unpaired) electrons. The highest BCUT2D eigenvalue weighted by molar-refractivity contribution is 5.81. The Morgan fingerprint density at radius 2 is 2.14 bits per heavy atom. The summed E-state index contributed by atoms with van der Waals surface area (Å²) in [5.74, 6) is 1.87. The molecule has 1 fully saturated rings. The standard InChI is InChI=1S/C17H21N3O/c1-12-10-14(12)17(21)19-15(13-6-4-3-5-7-13)11-16-18-8-9-20(16)2/h3-9,12,14-15H,10-11H2,1-2H3,(H,19,21)/t12-,14-,15-/m1/s1. The molecule has 3 rings (SSSR count). The molecule has 0 spiro atoms. The fraction of sp³-hybridized carbons (Fsp3) is 0.412. The molecule has 1 aromatic heterocycles. The number of nitrogens with zero attached hydrogens (tertiary/aromatic N) is 2. The monoisotopic (exact) mass is 283 g/mol. The smallest absolute Gasteiger partial charge is 0.223 e. The molecule has 0 unspecified atom stereocenters. The van der Waals surface area contributed by atoms with E-state index in [1.54, 1.807) is 6.20 Å². The van der Waals surface area contributed by atoms with Gasteiger partial charge in [0.1, 0.15) is 5.82 Å². The number of amides is 1. The van der Waals surface area contributed by atoms with Gasteiger partial charge in [0.25, 0.3) is 0 Å². The van der Waals surface area contributed by atoms with Crippen LogP contribution in [-0.4, -0.2) is 15.5 Å². The van der Waals surface area contributed by atoms with Crippen LogP contribution in [-0.2, 0) is 18.3 Å². The summed E-state index contributed by atoms with van der Waals surface area (Å²) in [7, 11) is 1.98. The first-order chi connectivity index (χ1) is 10.1. The Morgan fingerprint density at radius 3 is 2.71 bits per heavy atom. The van der Waals surface area contributed by atoms with Gasteiger partial charge < -0.3 is 9.88 Å². The summed E-state index contributed by atoms with van der Waals surface area (Å²) in [6.07, 6.45) is 5.44. The minimum absolute atomic E-state index is 0.0207. The summed E-state index contributed by atoms with van der Waals surface area (Å²) in [5.41, 5.74) is 1.13. The van der Waals surface area contributed by atoms with Crippen molar-refractivity contribution in [2.45, 2.75) is 25.8 Å². The third-order valence-electron chi connectivity index (χ3n) is 4.27. The molecule has 0 aliphatic heterocycles. The van der Waals surface area contributed by atoms with Crippen molar-refractivity contribution in [2.24, 2.45) is 18.9 Å². The van der Waals surface area contributed by atoms with Crippen molar-refractivity contribution >= 4 is 5.91 Å². The highest BCUT2D eigenvalue weighted by atomic mass is 16.2. The predicted octanol–water partition coefficient (Wildman–Crippen LogP) is 2.48. The fourth-order valence-corrected chi connectivity index (χ4v) is 2.68. The zero-order chi connectivity index (χ0) is 14.8. The summed E-state index contributed by atoms with van der Waals surface area (Å²) in [4.78, 5) is 16.7. The predicted molar refractivity (Wildman–Crippen MR) is 81.5 cm³/mol. The Balaban J connectivity index is 1.77. The van der Waals surface area contributed by atoms with Gasteiger partial charge >= 0.3 is 0 Å². The molecular formula is C17H21N3O. The molecule has 0 bridgehead atoms. The van der Waals surface area contributed by atoms with Crippen LogP contribution in [0.1, 0.15) is 30.8 Å². The molecule has 1 saturated carbocycles. The van der Waals surface area contributed by atoms with Gasteiger partial charge in [0, 0.05) is 31.8 Å². The molecule has 110 valence electrons. The molecule has 0 saturated heterocycles. The highest BCUT2D eigenvalue weighted by Gasteiger charge is 2.39. The van der Waals surface area contributed by atoms with E-state index in [0.717, 1.165) is 17.8 Å². The number of nitrogens with one attached hydrogen (secondary N) is 1. The summed E-state index contributed by atoms with van der Waals surface area (Å²) < 4.78 is 2.00. The molecule has 1 aromatic carbocycles. The van der Waals surface area contributed by atoms with E-state index in [-0.39, 0.29) is 17.9 Å². The first kappa shape index (κ1) is 13.9. The molecule has 4 nitrogen and oxygen atoms in total. The SMILES string of the molecule is C[C@@H]1C[C@H]1C(=O)N[C@H](Cc1nccn1C)c1ccccc1. The van der Waals surface area contributed by atoms with Gasteiger partial charge in [-0.05, 0) is 17.9 Å². The lowest BCUT2D eigenvalue weighted by molar-refractivity contribution is -0.123. The number of benzene rings is 1. The number of aromatic nitrogens is 2. The van der Waals surface area contributed by atoms with E-state index in [2.05, 4.69) is 29.4 Å². The van der Waals surface area contributed by atoms with Gasteiger partial charge in [-0.3, -0.25) is 4.79 Å². The van der Waals surface area contributed by atoms with Crippen molar-refractivity contribution < 1.29 is 4.79 Å². The number of carbonyl (C=O) groups is 1. The Hall–Kier alpha value is -2.10. The van der Waals surface area contributed by atoms with Crippen LogP contribution in [0, 0.1) is 11.8 Å². The summed E-state index contributed by atoms with van der Waals surface area (Å²) in [5, 5.41) is 3.20. The van der Waals surface area contributed by atoms with Crippen molar-refractivity contribution in [3.8, 4) is 0 Å². The molecule has 21 heavy (non-hydrogen) atoms. The van der Waals surface area contributed by atoms with E-state index in [9.17, 15) is 4.79 Å². The molecule has 1 aliphatic carbocycles. The van der Waals surface area contributed by atoms with E-state index in [0.29, 0.717) is 12.3 Å². The molecule has 4 heteroatoms. The lowest BCUT2D eigenvalue weighted by Crippen LogP contribution is -2.32. The Kier molecular flexibility index (Phi) is 3.78. The van der Waals surface area contributed by atoms with E-state index < -0.39 is 0 Å². The number of carbonyl (C=O) groups excluding carboxylic acids is 1. The highest BCUT2D eigenvalue weighted by Crippen LogP contribution is 2.38. The van der Waals surface area contributed by atoms with Crippen LogP contribution in [0.3, 0.4) is 0 Å². The van der Waals surface area contributed by atoms with Gasteiger partial charge in [0.05, 0.1) is 6.04 Å². The third-order valence-corrected chi connectivity index (χ3v) is 4.27. The first-order valence-electron chi connectivity index (χ1n) is 7.46. The second-order valence-electron chi connectivity index (χ2n) is 5.95. The third kappa shape index (κ3) is 3.15. The zero-order valence-corrected chi connectivity index (χ0v) is 12.5. The lowest BCUT2D eigenvalue weighted by Gasteiger charge is -2.19. The minimum Gasteiger partial charge on any atom is -0.349 e. The Labute approximate surface area is 125 Å². The molecule has 1 amide bonds. The zero-order valence-electron chi connectivity index (χ0n) is 12.5. The van der Waals surface area contributed by atoms with Gasteiger partial charge in [-0.25, -0.2) is 4.98 Å². The number of hydrogen-bond acceptors (Lipinski definition) is 2. The second-order valence-corrected chi connectivity index (χ2v) is 5.95. The number of aryl methyl sites for hydroxylation is 1. The van der Waals surface area contributed by atoms with Gasteiger partial charge in [0.15, 0.2) is 0 Å². The minimum atomic E-state index is -0.0207. The Bertz CT molecular complexity index is 620. The normalized spacial score (nSPS) is 21.8. The molecule has 1 aliphatic rings. The topological polar surface area (TPSA) is 46.9 Å². The van der Waals surface area contributed by atoms with Gasteiger partial charge in [0.2, 0.25) is 5.91 Å². The second kappa shape index (κ2) is 5.72. The summed E-state index contributed by atoms with van der Waals surface area (Å²) in [6.45, 7) is 2.13. The quantitative estimate of drug-likeness (QED) is 0.916. The first-order valence-corrected chi connectivity index (χ1v) is 7.46. The van der Waals surface area contributed by atoms with Crippen molar-refractivity contribution in [3.05, 3.63) is 54.1 Å². The molecular weight excluding hydrogens is 262 g/mol. The van der Waals surface area contributed by atoms with Crippen LogP contribution in [0.25, 0.3) is 0 Å². The van der Waals surface area contributed by atoms with Crippen molar-refractivity contribution in [1.29, 1.82) is 0 Å². The average molecular weight is 283 g/mol. The van der Waals surface area contributed by atoms with Crippen molar-refractivity contribution in [1.82, 2.24) is 14.9 Å². The molecule has 2 aromatic rings. The van der Waals surface area contributed by atoms with Crippen molar-refractivity contribution in [2.75, 3.05) is 0 Å². The van der Waals surface area contributed by atoms with Crippen LogP contribution in [0.4, 0.5) is 0 Å². The van der Waals surface area contributed by atoms with Crippen LogP contribution >= 0.6 is 0 Å². The Morgan fingerprint density at radius 1 is 1.43 bits per heavy atom.